The van der Waals surface area contributed by atoms with Crippen LogP contribution in [0.2, 0.25) is 0 Å². The van der Waals surface area contributed by atoms with Gasteiger partial charge in [0, 0.05) is 5.56 Å². The van der Waals surface area contributed by atoms with Gasteiger partial charge in [0.2, 0.25) is 0 Å². The van der Waals surface area contributed by atoms with E-state index in [0.717, 1.165) is 12.1 Å². The number of hydrogen-bond acceptors (Lipinski definition) is 3. The number of hydrogen-bond donors (Lipinski definition) is 2. The predicted octanol–water partition coefficient (Wildman–Crippen LogP) is 3.86. The van der Waals surface area contributed by atoms with Gasteiger partial charge < -0.3 is 5.32 Å². The summed E-state index contributed by atoms with van der Waals surface area (Å²) in [5.41, 5.74) is -0.00264. The lowest BCUT2D eigenvalue weighted by molar-refractivity contribution is -0.137. The van der Waals surface area contributed by atoms with Gasteiger partial charge in [-0.05, 0) is 42.3 Å². The molecule has 0 radical (unpaired) electrons. The lowest BCUT2D eigenvalue weighted by Gasteiger charge is -2.20. The fourth-order valence-corrected chi connectivity index (χ4v) is 3.09. The first-order valence-corrected chi connectivity index (χ1v) is 8.68. The summed E-state index contributed by atoms with van der Waals surface area (Å²) in [6.07, 6.45) is -3.39. The van der Waals surface area contributed by atoms with E-state index in [1.54, 1.807) is 0 Å². The SMILES string of the molecule is CCCC(NC(=O)c1ccc2c(c1)C(=O)NC2=O)c1cccc(C(F)(F)F)c1. The van der Waals surface area contributed by atoms with Gasteiger partial charge in [0.15, 0.2) is 0 Å². The fraction of sp³-hybridized carbons (Fsp3) is 0.250. The minimum absolute atomic E-state index is 0.101. The van der Waals surface area contributed by atoms with Gasteiger partial charge in [-0.2, -0.15) is 13.2 Å². The standard InChI is InChI=1S/C20H17F3N2O3/c1-2-4-16(11-5-3-6-13(9-11)20(21,22)23)24-17(26)12-7-8-14-15(10-12)19(28)25-18(14)27/h3,5-10,16H,2,4H2,1H3,(H,24,26)(H,25,27,28). The monoisotopic (exact) mass is 390 g/mol. The molecule has 0 spiro atoms. The molecular weight excluding hydrogens is 373 g/mol. The molecule has 28 heavy (non-hydrogen) atoms. The van der Waals surface area contributed by atoms with Crippen molar-refractivity contribution >= 4 is 17.7 Å². The summed E-state index contributed by atoms with van der Waals surface area (Å²) in [5.74, 6) is -1.65. The van der Waals surface area contributed by atoms with Crippen LogP contribution in [0.4, 0.5) is 13.2 Å². The molecule has 0 bridgehead atoms. The molecule has 1 atom stereocenters. The number of halogens is 3. The van der Waals surface area contributed by atoms with Crippen LogP contribution in [0.5, 0.6) is 0 Å². The van der Waals surface area contributed by atoms with Crippen molar-refractivity contribution in [2.45, 2.75) is 32.0 Å². The summed E-state index contributed by atoms with van der Waals surface area (Å²) in [6, 6.07) is 8.30. The highest BCUT2D eigenvalue weighted by molar-refractivity contribution is 6.22. The normalized spacial score (nSPS) is 14.4. The molecule has 2 N–H and O–H groups in total. The van der Waals surface area contributed by atoms with E-state index in [0.29, 0.717) is 18.4 Å². The molecule has 1 aliphatic heterocycles. The van der Waals surface area contributed by atoms with E-state index in [2.05, 4.69) is 10.6 Å². The minimum Gasteiger partial charge on any atom is -0.345 e. The van der Waals surface area contributed by atoms with Crippen LogP contribution in [-0.4, -0.2) is 17.7 Å². The lowest BCUT2D eigenvalue weighted by atomic mass is 9.99. The largest absolute Gasteiger partial charge is 0.416 e. The van der Waals surface area contributed by atoms with Gasteiger partial charge in [0.05, 0.1) is 22.7 Å². The van der Waals surface area contributed by atoms with Crippen LogP contribution in [-0.2, 0) is 6.18 Å². The maximum absolute atomic E-state index is 13.0. The Labute approximate surface area is 158 Å². The quantitative estimate of drug-likeness (QED) is 0.762. The first-order chi connectivity index (χ1) is 13.2. The van der Waals surface area contributed by atoms with E-state index in [9.17, 15) is 27.6 Å². The molecule has 3 amide bonds. The topological polar surface area (TPSA) is 75.3 Å². The summed E-state index contributed by atoms with van der Waals surface area (Å²) in [7, 11) is 0. The summed E-state index contributed by atoms with van der Waals surface area (Å²) in [5, 5.41) is 4.86. The summed E-state index contributed by atoms with van der Waals surface area (Å²) < 4.78 is 39.0. The Kier molecular flexibility index (Phi) is 5.22. The molecule has 0 aromatic heterocycles. The molecule has 1 heterocycles. The van der Waals surface area contributed by atoms with E-state index in [4.69, 9.17) is 0 Å². The zero-order valence-corrected chi connectivity index (χ0v) is 14.9. The second-order valence-corrected chi connectivity index (χ2v) is 6.48. The van der Waals surface area contributed by atoms with Crippen molar-refractivity contribution in [2.75, 3.05) is 0 Å². The summed E-state index contributed by atoms with van der Waals surface area (Å²) in [6.45, 7) is 1.86. The van der Waals surface area contributed by atoms with Gasteiger partial charge in [-0.3, -0.25) is 19.7 Å². The Hall–Kier alpha value is -3.16. The Morgan fingerprint density at radius 1 is 1.07 bits per heavy atom. The van der Waals surface area contributed by atoms with Crippen molar-refractivity contribution in [3.63, 3.8) is 0 Å². The molecule has 5 nitrogen and oxygen atoms in total. The number of amides is 3. The van der Waals surface area contributed by atoms with Crippen LogP contribution < -0.4 is 10.6 Å². The van der Waals surface area contributed by atoms with Crippen molar-refractivity contribution in [2.24, 2.45) is 0 Å². The molecule has 0 saturated heterocycles. The molecule has 2 aromatic carbocycles. The second kappa shape index (κ2) is 7.46. The van der Waals surface area contributed by atoms with E-state index in [1.165, 1.54) is 30.3 Å². The number of rotatable bonds is 5. The van der Waals surface area contributed by atoms with Crippen LogP contribution in [0.1, 0.15) is 68.0 Å². The van der Waals surface area contributed by atoms with Gasteiger partial charge in [-0.25, -0.2) is 0 Å². The Balaban J connectivity index is 1.86. The zero-order chi connectivity index (χ0) is 20.5. The molecule has 0 saturated carbocycles. The molecule has 0 aliphatic carbocycles. The van der Waals surface area contributed by atoms with E-state index in [-0.39, 0.29) is 16.7 Å². The number of carbonyl (C=O) groups is 3. The number of benzene rings is 2. The number of nitrogens with one attached hydrogen (secondary N) is 2. The molecule has 1 unspecified atom stereocenters. The van der Waals surface area contributed by atoms with E-state index in [1.807, 2.05) is 6.92 Å². The average molecular weight is 390 g/mol. The Morgan fingerprint density at radius 2 is 1.79 bits per heavy atom. The molecule has 146 valence electrons. The predicted molar refractivity (Wildman–Crippen MR) is 94.8 cm³/mol. The Bertz CT molecular complexity index is 954. The third kappa shape index (κ3) is 3.90. The highest BCUT2D eigenvalue weighted by Crippen LogP contribution is 2.31. The van der Waals surface area contributed by atoms with Crippen molar-refractivity contribution in [3.8, 4) is 0 Å². The molecule has 8 heteroatoms. The molecule has 1 aliphatic rings. The van der Waals surface area contributed by atoms with Crippen molar-refractivity contribution < 1.29 is 27.6 Å². The number of alkyl halides is 3. The van der Waals surface area contributed by atoms with E-state index >= 15 is 0 Å². The van der Waals surface area contributed by atoms with Crippen LogP contribution in [0.3, 0.4) is 0 Å². The van der Waals surface area contributed by atoms with Crippen molar-refractivity contribution in [3.05, 3.63) is 70.3 Å². The molecule has 3 rings (SSSR count). The third-order valence-corrected chi connectivity index (χ3v) is 4.50. The van der Waals surface area contributed by atoms with Crippen molar-refractivity contribution in [1.82, 2.24) is 10.6 Å². The third-order valence-electron chi connectivity index (χ3n) is 4.50. The highest BCUT2D eigenvalue weighted by atomic mass is 19.4. The molecule has 0 fully saturated rings. The second-order valence-electron chi connectivity index (χ2n) is 6.48. The molecular formula is C20H17F3N2O3. The maximum atomic E-state index is 13.0. The smallest absolute Gasteiger partial charge is 0.345 e. The lowest BCUT2D eigenvalue weighted by Crippen LogP contribution is -2.29. The average Bonchev–Trinajstić information content (AvgIpc) is 2.94. The van der Waals surface area contributed by atoms with Gasteiger partial charge >= 0.3 is 6.18 Å². The first kappa shape index (κ1) is 19.6. The van der Waals surface area contributed by atoms with Crippen LogP contribution in [0.15, 0.2) is 42.5 Å². The Morgan fingerprint density at radius 3 is 2.46 bits per heavy atom. The van der Waals surface area contributed by atoms with Gasteiger partial charge in [-0.15, -0.1) is 0 Å². The first-order valence-electron chi connectivity index (χ1n) is 8.68. The zero-order valence-electron chi connectivity index (χ0n) is 14.9. The molecule has 2 aromatic rings. The summed E-state index contributed by atoms with van der Waals surface area (Å²) in [4.78, 5) is 36.0. The summed E-state index contributed by atoms with van der Waals surface area (Å²) >= 11 is 0. The highest BCUT2D eigenvalue weighted by Gasteiger charge is 2.31. The maximum Gasteiger partial charge on any atom is 0.416 e. The van der Waals surface area contributed by atoms with Crippen LogP contribution in [0, 0.1) is 0 Å². The van der Waals surface area contributed by atoms with Crippen LogP contribution >= 0.6 is 0 Å². The van der Waals surface area contributed by atoms with Gasteiger partial charge in [0.1, 0.15) is 0 Å². The van der Waals surface area contributed by atoms with E-state index < -0.39 is 35.5 Å². The fourth-order valence-electron chi connectivity index (χ4n) is 3.09. The number of fused-ring (bicyclic) bond motifs is 1. The van der Waals surface area contributed by atoms with Crippen LogP contribution in [0.25, 0.3) is 0 Å². The van der Waals surface area contributed by atoms with Crippen molar-refractivity contribution in [1.29, 1.82) is 0 Å². The number of carbonyl (C=O) groups excluding carboxylic acids is 3. The number of imide groups is 1. The van der Waals surface area contributed by atoms with Gasteiger partial charge in [0.25, 0.3) is 17.7 Å². The minimum atomic E-state index is -4.48. The van der Waals surface area contributed by atoms with Gasteiger partial charge in [-0.1, -0.05) is 25.5 Å².